The van der Waals surface area contributed by atoms with Crippen molar-refractivity contribution in [3.05, 3.63) is 24.1 Å². The molecule has 3 nitrogen and oxygen atoms in total. The molecule has 3 N–H and O–H groups in total. The maximum absolute atomic E-state index is 12.3. The van der Waals surface area contributed by atoms with Gasteiger partial charge in [0.15, 0.2) is 0 Å². The Balaban J connectivity index is 0.000000370. The topological polar surface area (TPSA) is 55.5 Å². The van der Waals surface area contributed by atoms with Gasteiger partial charge in [0.05, 0.1) is 11.7 Å². The van der Waals surface area contributed by atoms with Crippen LogP contribution in [0.25, 0.3) is 0 Å². The SMILES string of the molecule is CC/C=C(F)\C=C/CN.CC[C@@]1(O)CCCC[C@H]1OC. The highest BCUT2D eigenvalue weighted by molar-refractivity contribution is 5.10. The largest absolute Gasteiger partial charge is 0.387 e. The van der Waals surface area contributed by atoms with Crippen LogP contribution in [0.2, 0.25) is 0 Å². The Bertz CT molecular complexity index is 305. The second kappa shape index (κ2) is 11.0. The van der Waals surface area contributed by atoms with Gasteiger partial charge in [0.1, 0.15) is 5.83 Å². The zero-order chi connectivity index (χ0) is 15.4. The average molecular weight is 287 g/mol. The lowest BCUT2D eigenvalue weighted by Crippen LogP contribution is -2.45. The number of allylic oxidation sites excluding steroid dienone is 3. The monoisotopic (exact) mass is 287 g/mol. The molecular weight excluding hydrogens is 257 g/mol. The summed E-state index contributed by atoms with van der Waals surface area (Å²) in [6, 6.07) is 0. The van der Waals surface area contributed by atoms with Crippen molar-refractivity contribution in [1.29, 1.82) is 0 Å². The second-order valence-electron chi connectivity index (χ2n) is 5.06. The maximum atomic E-state index is 12.3. The van der Waals surface area contributed by atoms with Crippen LogP contribution in [0.4, 0.5) is 4.39 Å². The zero-order valence-electron chi connectivity index (χ0n) is 13.1. The minimum absolute atomic E-state index is 0.0706. The van der Waals surface area contributed by atoms with E-state index in [-0.39, 0.29) is 11.9 Å². The smallest absolute Gasteiger partial charge is 0.118 e. The quantitative estimate of drug-likeness (QED) is 0.761. The summed E-state index contributed by atoms with van der Waals surface area (Å²) in [7, 11) is 1.69. The maximum Gasteiger partial charge on any atom is 0.118 e. The molecule has 2 atom stereocenters. The Hall–Kier alpha value is -0.710. The van der Waals surface area contributed by atoms with Crippen molar-refractivity contribution >= 4 is 0 Å². The third-order valence-electron chi connectivity index (χ3n) is 3.63. The third-order valence-corrected chi connectivity index (χ3v) is 3.63. The number of hydrogen-bond donors (Lipinski definition) is 2. The van der Waals surface area contributed by atoms with E-state index in [2.05, 4.69) is 0 Å². The highest BCUT2D eigenvalue weighted by atomic mass is 19.1. The van der Waals surface area contributed by atoms with E-state index in [0.717, 1.165) is 32.1 Å². The highest BCUT2D eigenvalue weighted by Gasteiger charge is 2.37. The lowest BCUT2D eigenvalue weighted by molar-refractivity contribution is -0.118. The molecule has 1 saturated carbocycles. The first-order valence-electron chi connectivity index (χ1n) is 7.51. The third kappa shape index (κ3) is 7.17. The fourth-order valence-electron chi connectivity index (χ4n) is 2.38. The zero-order valence-corrected chi connectivity index (χ0v) is 13.1. The van der Waals surface area contributed by atoms with Gasteiger partial charge in [-0.3, -0.25) is 0 Å². The molecule has 1 aliphatic rings. The highest BCUT2D eigenvalue weighted by Crippen LogP contribution is 2.32. The summed E-state index contributed by atoms with van der Waals surface area (Å²) < 4.78 is 17.6. The Kier molecular flexibility index (Phi) is 10.6. The minimum atomic E-state index is -0.535. The van der Waals surface area contributed by atoms with Crippen LogP contribution in [-0.4, -0.2) is 30.5 Å². The van der Waals surface area contributed by atoms with E-state index >= 15 is 0 Å². The Morgan fingerprint density at radius 2 is 2.15 bits per heavy atom. The van der Waals surface area contributed by atoms with Crippen LogP contribution in [0.15, 0.2) is 24.1 Å². The predicted octanol–water partition coefficient (Wildman–Crippen LogP) is 3.48. The van der Waals surface area contributed by atoms with Gasteiger partial charge in [-0.1, -0.05) is 32.8 Å². The number of hydrogen-bond acceptors (Lipinski definition) is 3. The molecule has 20 heavy (non-hydrogen) atoms. The second-order valence-corrected chi connectivity index (χ2v) is 5.06. The standard InChI is InChI=1S/C9H18O2.C7H12FN/c1-3-9(10)7-5-4-6-8(9)11-2;1-2-4-7(8)5-3-6-9/h8,10H,3-7H2,1-2H3;3-5H,2,6,9H2,1H3/b;5-3-,7-4+/t8-,9-;/m1./s1. The van der Waals surface area contributed by atoms with Crippen LogP contribution >= 0.6 is 0 Å². The van der Waals surface area contributed by atoms with Gasteiger partial charge in [-0.25, -0.2) is 4.39 Å². The predicted molar refractivity (Wildman–Crippen MR) is 82.2 cm³/mol. The molecular formula is C16H30FNO2. The molecule has 0 bridgehead atoms. The Morgan fingerprint density at radius 1 is 1.45 bits per heavy atom. The van der Waals surface area contributed by atoms with Gasteiger partial charge >= 0.3 is 0 Å². The van der Waals surface area contributed by atoms with Crippen molar-refractivity contribution in [3.63, 3.8) is 0 Å². The first kappa shape index (κ1) is 19.3. The molecule has 4 heteroatoms. The molecule has 1 rings (SSSR count). The lowest BCUT2D eigenvalue weighted by atomic mass is 9.80. The van der Waals surface area contributed by atoms with Crippen LogP contribution < -0.4 is 5.73 Å². The molecule has 0 aromatic carbocycles. The van der Waals surface area contributed by atoms with E-state index in [0.29, 0.717) is 6.54 Å². The van der Waals surface area contributed by atoms with Gasteiger partial charge in [-0.05, 0) is 37.8 Å². The number of nitrogens with two attached hydrogens (primary N) is 1. The normalized spacial score (nSPS) is 27.3. The van der Waals surface area contributed by atoms with E-state index in [9.17, 15) is 9.50 Å². The van der Waals surface area contributed by atoms with Crippen LogP contribution in [0.1, 0.15) is 52.4 Å². The van der Waals surface area contributed by atoms with Crippen molar-refractivity contribution in [2.45, 2.75) is 64.1 Å². The molecule has 0 saturated heterocycles. The molecule has 0 radical (unpaired) electrons. The molecule has 1 fully saturated rings. The summed E-state index contributed by atoms with van der Waals surface area (Å²) in [4.78, 5) is 0. The molecule has 118 valence electrons. The number of aliphatic hydroxyl groups is 1. The fraction of sp³-hybridized carbons (Fsp3) is 0.750. The molecule has 0 aromatic rings. The van der Waals surface area contributed by atoms with E-state index in [1.54, 1.807) is 13.2 Å². The molecule has 0 unspecified atom stereocenters. The van der Waals surface area contributed by atoms with Gasteiger partial charge in [-0.2, -0.15) is 0 Å². The number of methoxy groups -OCH3 is 1. The first-order chi connectivity index (χ1) is 9.53. The summed E-state index contributed by atoms with van der Waals surface area (Å²) in [5, 5.41) is 10.0. The minimum Gasteiger partial charge on any atom is -0.387 e. The van der Waals surface area contributed by atoms with Crippen molar-refractivity contribution in [1.82, 2.24) is 0 Å². The van der Waals surface area contributed by atoms with E-state index in [1.807, 2.05) is 13.8 Å². The molecule has 0 aliphatic heterocycles. The van der Waals surface area contributed by atoms with Crippen molar-refractivity contribution in [2.75, 3.05) is 13.7 Å². The van der Waals surface area contributed by atoms with Crippen molar-refractivity contribution in [3.8, 4) is 0 Å². The van der Waals surface area contributed by atoms with Crippen LogP contribution in [-0.2, 0) is 4.74 Å². The number of rotatable bonds is 5. The fourth-order valence-corrected chi connectivity index (χ4v) is 2.38. The Labute approximate surface area is 122 Å². The van der Waals surface area contributed by atoms with E-state index < -0.39 is 5.60 Å². The number of halogens is 1. The van der Waals surface area contributed by atoms with Crippen molar-refractivity contribution in [2.24, 2.45) is 5.73 Å². The molecule has 0 amide bonds. The lowest BCUT2D eigenvalue weighted by Gasteiger charge is -2.38. The van der Waals surface area contributed by atoms with Gasteiger partial charge < -0.3 is 15.6 Å². The molecule has 0 heterocycles. The molecule has 0 aromatic heterocycles. The van der Waals surface area contributed by atoms with Crippen LogP contribution in [0.3, 0.4) is 0 Å². The average Bonchev–Trinajstić information content (AvgIpc) is 2.46. The summed E-state index contributed by atoms with van der Waals surface area (Å²) in [6.07, 6.45) is 10.3. The summed E-state index contributed by atoms with van der Waals surface area (Å²) in [6.45, 7) is 4.30. The first-order valence-corrected chi connectivity index (χ1v) is 7.51. The van der Waals surface area contributed by atoms with Gasteiger partial charge in [0.2, 0.25) is 0 Å². The summed E-state index contributed by atoms with van der Waals surface area (Å²) in [5.74, 6) is -0.206. The van der Waals surface area contributed by atoms with E-state index in [4.69, 9.17) is 10.5 Å². The van der Waals surface area contributed by atoms with Crippen molar-refractivity contribution < 1.29 is 14.2 Å². The van der Waals surface area contributed by atoms with Gasteiger partial charge in [0, 0.05) is 13.7 Å². The molecule has 0 spiro atoms. The summed E-state index contributed by atoms with van der Waals surface area (Å²) in [5.41, 5.74) is 4.56. The van der Waals surface area contributed by atoms with Crippen LogP contribution in [0, 0.1) is 0 Å². The summed E-state index contributed by atoms with van der Waals surface area (Å²) >= 11 is 0. The van der Waals surface area contributed by atoms with Crippen LogP contribution in [0.5, 0.6) is 0 Å². The number of ether oxygens (including phenoxy) is 1. The molecule has 1 aliphatic carbocycles. The van der Waals surface area contributed by atoms with Gasteiger partial charge in [-0.15, -0.1) is 0 Å². The van der Waals surface area contributed by atoms with Gasteiger partial charge in [0.25, 0.3) is 0 Å². The van der Waals surface area contributed by atoms with E-state index in [1.165, 1.54) is 18.6 Å². The Morgan fingerprint density at radius 3 is 2.60 bits per heavy atom.